The fourth-order valence-corrected chi connectivity index (χ4v) is 6.96. The number of carbonyl (C=O) groups excluding carboxylic acids is 2. The van der Waals surface area contributed by atoms with E-state index in [1.165, 1.54) is 6.20 Å². The van der Waals surface area contributed by atoms with Gasteiger partial charge in [0.2, 0.25) is 0 Å². The van der Waals surface area contributed by atoms with E-state index >= 15 is 0 Å². The van der Waals surface area contributed by atoms with Crippen molar-refractivity contribution < 1.29 is 9.59 Å². The molecule has 4 aromatic carbocycles. The maximum Gasteiger partial charge on any atom is 0.197 e. The lowest BCUT2D eigenvalue weighted by molar-refractivity contribution is 0.0990. The summed E-state index contributed by atoms with van der Waals surface area (Å²) >= 11 is 0. The highest BCUT2D eigenvalue weighted by Gasteiger charge is 2.34. The molecular weight excluding hydrogens is 659 g/mol. The number of rotatable bonds is 6. The molecule has 0 unspecified atom stereocenters. The molecule has 0 aliphatic heterocycles. The number of carbonyl (C=O) groups is 2. The van der Waals surface area contributed by atoms with Crippen LogP contribution < -0.4 is 5.73 Å². The summed E-state index contributed by atoms with van der Waals surface area (Å²) in [5.41, 5.74) is 13.9. The van der Waals surface area contributed by atoms with Crippen LogP contribution in [0.5, 0.6) is 0 Å². The Morgan fingerprint density at radius 2 is 1.30 bits per heavy atom. The first-order valence-corrected chi connectivity index (χ1v) is 18.0. The van der Waals surface area contributed by atoms with E-state index in [0.717, 1.165) is 55.3 Å². The fraction of sp³-hybridized carbons (Fsp3) is 0.0588. The minimum atomic E-state index is -0.491. The first-order chi connectivity index (χ1) is 26.3. The van der Waals surface area contributed by atoms with Gasteiger partial charge >= 0.3 is 0 Å². The Balaban J connectivity index is 1.56. The summed E-state index contributed by atoms with van der Waals surface area (Å²) in [6.07, 6.45) is 37.2. The maximum absolute atomic E-state index is 13.6. The Hall–Kier alpha value is -6.84. The Morgan fingerprint density at radius 1 is 0.667 bits per heavy atom. The second-order valence-corrected chi connectivity index (χ2v) is 13.5. The van der Waals surface area contributed by atoms with Gasteiger partial charge in [-0.3, -0.25) is 9.59 Å². The zero-order chi connectivity index (χ0) is 38.1. The molecule has 0 saturated carbocycles. The lowest BCUT2D eigenvalue weighted by atomic mass is 9.72. The van der Waals surface area contributed by atoms with Crippen LogP contribution in [-0.4, -0.2) is 11.6 Å². The SMILES string of the molecule is C=Cc1cc2c(cc1C=C)C(=O)C(=Cc1ccc3c4c(ccc3c1)\C=C(c1ccccc1)/C=C/C=C/C=C\C=C/C=C/C(=C\C=C/C=CN)C4(C)C)C2=O. The zero-order valence-electron chi connectivity index (χ0n) is 30.7. The molecule has 2 N–H and O–H groups in total. The summed E-state index contributed by atoms with van der Waals surface area (Å²) in [5.74, 6) is -0.563. The van der Waals surface area contributed by atoms with Crippen LogP contribution in [-0.2, 0) is 5.41 Å². The van der Waals surface area contributed by atoms with E-state index in [2.05, 4.69) is 112 Å². The summed E-state index contributed by atoms with van der Waals surface area (Å²) in [6.45, 7) is 12.2. The highest BCUT2D eigenvalue weighted by molar-refractivity contribution is 6.41. The van der Waals surface area contributed by atoms with Gasteiger partial charge in [-0.25, -0.2) is 0 Å². The van der Waals surface area contributed by atoms with Crippen molar-refractivity contribution in [2.75, 3.05) is 0 Å². The average molecular weight is 702 g/mol. The molecule has 0 spiro atoms. The molecule has 0 heterocycles. The number of benzene rings is 4. The van der Waals surface area contributed by atoms with Gasteiger partial charge in [-0.1, -0.05) is 173 Å². The lowest BCUT2D eigenvalue weighted by Crippen LogP contribution is -2.21. The van der Waals surface area contributed by atoms with E-state index < -0.39 is 5.41 Å². The van der Waals surface area contributed by atoms with E-state index in [-0.39, 0.29) is 17.1 Å². The van der Waals surface area contributed by atoms with Crippen LogP contribution in [0, 0.1) is 0 Å². The molecule has 3 heteroatoms. The van der Waals surface area contributed by atoms with Crippen LogP contribution in [0.15, 0.2) is 188 Å². The van der Waals surface area contributed by atoms with Gasteiger partial charge in [0.1, 0.15) is 0 Å². The third-order valence-electron chi connectivity index (χ3n) is 9.73. The lowest BCUT2D eigenvalue weighted by Gasteiger charge is -2.31. The minimum Gasteiger partial charge on any atom is -0.405 e. The molecule has 3 nitrogen and oxygen atoms in total. The number of ketones is 2. The first kappa shape index (κ1) is 36.9. The molecule has 54 heavy (non-hydrogen) atoms. The largest absolute Gasteiger partial charge is 0.405 e. The van der Waals surface area contributed by atoms with Crippen LogP contribution in [0.25, 0.3) is 40.6 Å². The van der Waals surface area contributed by atoms with Gasteiger partial charge in [0.05, 0.1) is 5.57 Å². The van der Waals surface area contributed by atoms with E-state index in [4.69, 9.17) is 5.73 Å². The maximum atomic E-state index is 13.6. The van der Waals surface area contributed by atoms with Crippen molar-refractivity contribution in [1.29, 1.82) is 0 Å². The minimum absolute atomic E-state index is 0.152. The van der Waals surface area contributed by atoms with Gasteiger partial charge in [-0.05, 0) is 97.9 Å². The van der Waals surface area contributed by atoms with Crippen molar-refractivity contribution in [3.63, 3.8) is 0 Å². The topological polar surface area (TPSA) is 60.2 Å². The van der Waals surface area contributed by atoms with Gasteiger partial charge in [0, 0.05) is 16.5 Å². The number of fused-ring (bicyclic) bond motifs is 4. The second-order valence-electron chi connectivity index (χ2n) is 13.5. The Kier molecular flexibility index (Phi) is 11.4. The Labute approximate surface area is 318 Å². The average Bonchev–Trinajstić information content (AvgIpc) is 3.41. The standard InChI is InChI=1S/C51H43NO2/c1-5-37-34-45-46(35-38(37)6-2)50(54)47(49(45)53)32-36-26-29-44-41(31-36)27-28-42-33-40(39-21-16-13-17-22-39)23-15-11-9-7-8-10-12-18-24-43(25-19-14-20-30-52)51(3,4)48(42)44/h5-35H,1-2,52H2,3-4H3/b8-7-,11-9+,12-10-,19-14-,23-15+,24-18+,30-20?,40-33+,43-25+. The monoisotopic (exact) mass is 701 g/mol. The van der Waals surface area contributed by atoms with Crippen molar-refractivity contribution in [3.8, 4) is 0 Å². The van der Waals surface area contributed by atoms with Gasteiger partial charge in [-0.2, -0.15) is 0 Å². The third kappa shape index (κ3) is 7.81. The summed E-state index contributed by atoms with van der Waals surface area (Å²) in [6, 6.07) is 24.3. The van der Waals surface area contributed by atoms with Crippen molar-refractivity contribution in [2.24, 2.45) is 5.73 Å². The first-order valence-electron chi connectivity index (χ1n) is 18.0. The number of hydrogen-bond acceptors (Lipinski definition) is 3. The summed E-state index contributed by atoms with van der Waals surface area (Å²) in [4.78, 5) is 27.2. The van der Waals surface area contributed by atoms with Gasteiger partial charge in [0.25, 0.3) is 0 Å². The quantitative estimate of drug-likeness (QED) is 0.124. The Morgan fingerprint density at radius 3 is 1.93 bits per heavy atom. The normalized spacial score (nSPS) is 20.3. The number of Topliss-reactive ketones (excluding diaryl/α,β-unsaturated/α-hetero) is 2. The molecule has 0 amide bonds. The molecule has 4 aromatic rings. The van der Waals surface area contributed by atoms with Crippen LogP contribution in [0.2, 0.25) is 0 Å². The predicted octanol–water partition coefficient (Wildman–Crippen LogP) is 12.2. The molecule has 0 fully saturated rings. The molecule has 2 aliphatic carbocycles. The summed E-state index contributed by atoms with van der Waals surface area (Å²) in [5, 5.41) is 2.06. The number of allylic oxidation sites excluding steroid dienone is 17. The highest BCUT2D eigenvalue weighted by atomic mass is 16.2. The molecule has 6 rings (SSSR count). The number of nitrogens with two attached hydrogens (primary N) is 1. The van der Waals surface area contributed by atoms with Crippen molar-refractivity contribution >= 4 is 52.2 Å². The van der Waals surface area contributed by atoms with E-state index in [9.17, 15) is 9.59 Å². The Bertz CT molecular complexity index is 2420. The van der Waals surface area contributed by atoms with E-state index in [1.807, 2.05) is 60.7 Å². The van der Waals surface area contributed by atoms with E-state index in [0.29, 0.717) is 11.1 Å². The fourth-order valence-electron chi connectivity index (χ4n) is 6.96. The van der Waals surface area contributed by atoms with Crippen LogP contribution in [0.1, 0.15) is 67.9 Å². The molecule has 0 saturated heterocycles. The molecule has 0 bridgehead atoms. The van der Waals surface area contributed by atoms with Crippen LogP contribution in [0.3, 0.4) is 0 Å². The third-order valence-corrected chi connectivity index (χ3v) is 9.73. The van der Waals surface area contributed by atoms with Crippen LogP contribution in [0.4, 0.5) is 0 Å². The molecule has 0 radical (unpaired) electrons. The molecule has 264 valence electrons. The molecule has 0 aromatic heterocycles. The van der Waals surface area contributed by atoms with Gasteiger partial charge < -0.3 is 5.73 Å². The van der Waals surface area contributed by atoms with E-state index in [1.54, 1.807) is 36.4 Å². The highest BCUT2D eigenvalue weighted by Crippen LogP contribution is 2.41. The molecule has 0 atom stereocenters. The van der Waals surface area contributed by atoms with Crippen molar-refractivity contribution in [1.82, 2.24) is 0 Å². The molecular formula is C51H43NO2. The van der Waals surface area contributed by atoms with Crippen molar-refractivity contribution in [3.05, 3.63) is 233 Å². The predicted molar refractivity (Wildman–Crippen MR) is 231 cm³/mol. The second kappa shape index (κ2) is 16.7. The summed E-state index contributed by atoms with van der Waals surface area (Å²) in [7, 11) is 0. The van der Waals surface area contributed by atoms with Crippen LogP contribution >= 0.6 is 0 Å². The number of hydrogen-bond donors (Lipinski definition) is 1. The zero-order valence-corrected chi connectivity index (χ0v) is 30.7. The van der Waals surface area contributed by atoms with Gasteiger partial charge in [-0.15, -0.1) is 0 Å². The molecule has 2 aliphatic rings. The smallest absolute Gasteiger partial charge is 0.197 e. The summed E-state index contributed by atoms with van der Waals surface area (Å²) < 4.78 is 0. The van der Waals surface area contributed by atoms with Gasteiger partial charge in [0.15, 0.2) is 11.6 Å². The van der Waals surface area contributed by atoms with Crippen molar-refractivity contribution in [2.45, 2.75) is 19.3 Å².